The highest BCUT2D eigenvalue weighted by molar-refractivity contribution is 6.47. The molecule has 0 aliphatic carbocycles. The van der Waals surface area contributed by atoms with Gasteiger partial charge in [-0.1, -0.05) is 54.1 Å². The van der Waals surface area contributed by atoms with Crippen molar-refractivity contribution in [3.63, 3.8) is 0 Å². The highest BCUT2D eigenvalue weighted by Gasteiger charge is 2.24. The van der Waals surface area contributed by atoms with Crippen LogP contribution < -0.4 is 5.32 Å². The lowest BCUT2D eigenvalue weighted by molar-refractivity contribution is -0.112. The van der Waals surface area contributed by atoms with E-state index in [1.54, 1.807) is 22.7 Å². The van der Waals surface area contributed by atoms with Crippen LogP contribution in [0.2, 0.25) is 0 Å². The first kappa shape index (κ1) is 16.8. The van der Waals surface area contributed by atoms with Gasteiger partial charge < -0.3 is 9.72 Å². The minimum atomic E-state index is -0.654. The number of nitrogens with one attached hydrogen (secondary N) is 1. The number of carbonyl (C=O) groups excluding carboxylic acids is 2. The average Bonchev–Trinajstić information content (AvgIpc) is 3.08. The number of fused-ring (bicyclic) bond motifs is 1. The number of ketones is 1. The quantitative estimate of drug-likeness (QED) is 0.425. The van der Waals surface area contributed by atoms with E-state index in [1.165, 1.54) is 0 Å². The van der Waals surface area contributed by atoms with Crippen molar-refractivity contribution in [1.29, 1.82) is 0 Å². The first-order valence-electron chi connectivity index (χ1n) is 8.71. The van der Waals surface area contributed by atoms with E-state index >= 15 is 0 Å². The van der Waals surface area contributed by atoms with Gasteiger partial charge in [-0.3, -0.25) is 9.59 Å². The third kappa shape index (κ3) is 3.25. The molecular weight excluding hydrogens is 336 g/mol. The van der Waals surface area contributed by atoms with Gasteiger partial charge in [-0.05, 0) is 42.8 Å². The highest BCUT2D eigenvalue weighted by atomic mass is 16.2. The molecule has 0 spiro atoms. The molecule has 132 valence electrons. The molecule has 0 atom stereocenters. The molecule has 0 saturated carbocycles. The number of aromatic nitrogens is 1. The van der Waals surface area contributed by atoms with Gasteiger partial charge in [0.15, 0.2) is 0 Å². The lowest BCUT2D eigenvalue weighted by atomic mass is 10.0. The Hall–Kier alpha value is -3.66. The summed E-state index contributed by atoms with van der Waals surface area (Å²) in [6.07, 6.45) is 1.80. The van der Waals surface area contributed by atoms with Crippen molar-refractivity contribution < 1.29 is 9.59 Å². The summed E-state index contributed by atoms with van der Waals surface area (Å²) in [5, 5.41) is 2.68. The third-order valence-corrected chi connectivity index (χ3v) is 4.50. The predicted octanol–water partition coefficient (Wildman–Crippen LogP) is 4.74. The van der Waals surface area contributed by atoms with Crippen LogP contribution in [0, 0.1) is 6.92 Å². The van der Waals surface area contributed by atoms with Gasteiger partial charge in [0.05, 0.1) is 0 Å². The fourth-order valence-corrected chi connectivity index (χ4v) is 3.13. The predicted molar refractivity (Wildman–Crippen MR) is 107 cm³/mol. The molecular formula is C23H18N2O2. The number of pyridine rings is 1. The van der Waals surface area contributed by atoms with Gasteiger partial charge in [-0.2, -0.15) is 0 Å². The topological polar surface area (TPSA) is 50.6 Å². The van der Waals surface area contributed by atoms with Crippen LogP contribution in [0.4, 0.5) is 5.69 Å². The Kier molecular flexibility index (Phi) is 4.30. The number of carbonyl (C=O) groups is 2. The highest BCUT2D eigenvalue weighted by Crippen LogP contribution is 2.29. The van der Waals surface area contributed by atoms with E-state index in [0.717, 1.165) is 22.2 Å². The van der Waals surface area contributed by atoms with Crippen LogP contribution >= 0.6 is 0 Å². The summed E-state index contributed by atoms with van der Waals surface area (Å²) < 4.78 is 1.77. The first-order valence-corrected chi connectivity index (χ1v) is 8.71. The molecule has 4 aromatic rings. The molecule has 0 aliphatic heterocycles. The van der Waals surface area contributed by atoms with Crippen molar-refractivity contribution in [2.24, 2.45) is 0 Å². The van der Waals surface area contributed by atoms with Crippen molar-refractivity contribution >= 4 is 22.9 Å². The zero-order chi connectivity index (χ0) is 18.8. The van der Waals surface area contributed by atoms with Gasteiger partial charge in [0, 0.05) is 23.0 Å². The summed E-state index contributed by atoms with van der Waals surface area (Å²) in [6, 6.07) is 24.5. The van der Waals surface area contributed by atoms with Gasteiger partial charge in [0.1, 0.15) is 5.69 Å². The Labute approximate surface area is 157 Å². The summed E-state index contributed by atoms with van der Waals surface area (Å²) in [6.45, 7) is 2.01. The van der Waals surface area contributed by atoms with Crippen LogP contribution in [-0.4, -0.2) is 16.1 Å². The zero-order valence-electron chi connectivity index (χ0n) is 14.8. The second-order valence-electron chi connectivity index (χ2n) is 6.42. The van der Waals surface area contributed by atoms with Crippen LogP contribution in [0.15, 0.2) is 85.1 Å². The summed E-state index contributed by atoms with van der Waals surface area (Å²) in [4.78, 5) is 25.7. The number of hydrogen-bond donors (Lipinski definition) is 1. The normalized spacial score (nSPS) is 10.7. The van der Waals surface area contributed by atoms with E-state index < -0.39 is 11.7 Å². The lowest BCUT2D eigenvalue weighted by Crippen LogP contribution is -2.24. The van der Waals surface area contributed by atoms with Crippen molar-refractivity contribution in [2.45, 2.75) is 6.92 Å². The van der Waals surface area contributed by atoms with E-state index in [9.17, 15) is 9.59 Å². The largest absolute Gasteiger partial charge is 0.319 e. The maximum Gasteiger partial charge on any atom is 0.298 e. The van der Waals surface area contributed by atoms with E-state index in [1.807, 2.05) is 73.7 Å². The number of hydrogen-bond acceptors (Lipinski definition) is 2. The van der Waals surface area contributed by atoms with Crippen molar-refractivity contribution in [1.82, 2.24) is 4.40 Å². The third-order valence-electron chi connectivity index (χ3n) is 4.50. The fraction of sp³-hybridized carbons (Fsp3) is 0.0435. The van der Waals surface area contributed by atoms with Gasteiger partial charge in [-0.25, -0.2) is 0 Å². The molecule has 27 heavy (non-hydrogen) atoms. The SMILES string of the molecule is Cc1ccc(-c2cc3ccccn3c2C(=O)C(=O)Nc2ccccc2)cc1. The molecule has 2 aromatic carbocycles. The second kappa shape index (κ2) is 6.92. The molecule has 0 saturated heterocycles. The molecule has 2 aromatic heterocycles. The number of aryl methyl sites for hydroxylation is 1. The Morgan fingerprint density at radius 1 is 0.852 bits per heavy atom. The van der Waals surface area contributed by atoms with E-state index in [2.05, 4.69) is 5.32 Å². The van der Waals surface area contributed by atoms with Crippen LogP contribution in [0.1, 0.15) is 16.1 Å². The smallest absolute Gasteiger partial charge is 0.298 e. The Morgan fingerprint density at radius 3 is 2.30 bits per heavy atom. The number of benzene rings is 2. The van der Waals surface area contributed by atoms with E-state index in [0.29, 0.717) is 11.4 Å². The second-order valence-corrected chi connectivity index (χ2v) is 6.42. The van der Waals surface area contributed by atoms with Crippen molar-refractivity contribution in [3.8, 4) is 11.1 Å². The number of para-hydroxylation sites is 1. The van der Waals surface area contributed by atoms with Crippen LogP contribution in [-0.2, 0) is 4.79 Å². The van der Waals surface area contributed by atoms with Crippen LogP contribution in [0.25, 0.3) is 16.6 Å². The van der Waals surface area contributed by atoms with Gasteiger partial charge in [-0.15, -0.1) is 0 Å². The Balaban J connectivity index is 1.79. The maximum atomic E-state index is 13.1. The molecule has 1 amide bonds. The summed E-state index contributed by atoms with van der Waals surface area (Å²) in [5.74, 6) is -1.22. The standard InChI is InChI=1S/C23H18N2O2/c1-16-10-12-17(13-11-16)20-15-19-9-5-6-14-25(19)21(20)22(26)23(27)24-18-7-3-2-4-8-18/h2-15H,1H3,(H,24,27). The Morgan fingerprint density at radius 2 is 1.56 bits per heavy atom. The molecule has 0 bridgehead atoms. The molecule has 0 aliphatic rings. The van der Waals surface area contributed by atoms with Gasteiger partial charge >= 0.3 is 0 Å². The number of rotatable bonds is 4. The lowest BCUT2D eigenvalue weighted by Gasteiger charge is -2.08. The summed E-state index contributed by atoms with van der Waals surface area (Å²) in [7, 11) is 0. The van der Waals surface area contributed by atoms with Crippen molar-refractivity contribution in [2.75, 3.05) is 5.32 Å². The molecule has 4 heteroatoms. The van der Waals surface area contributed by atoms with Gasteiger partial charge in [0.25, 0.3) is 11.7 Å². The first-order chi connectivity index (χ1) is 13.1. The molecule has 0 radical (unpaired) electrons. The minimum Gasteiger partial charge on any atom is -0.319 e. The summed E-state index contributed by atoms with van der Waals surface area (Å²) in [5.41, 5.74) is 4.60. The van der Waals surface area contributed by atoms with Crippen molar-refractivity contribution in [3.05, 3.63) is 96.3 Å². The average molecular weight is 354 g/mol. The maximum absolute atomic E-state index is 13.1. The number of anilines is 1. The molecule has 1 N–H and O–H groups in total. The molecule has 4 nitrogen and oxygen atoms in total. The zero-order valence-corrected chi connectivity index (χ0v) is 14.8. The van der Waals surface area contributed by atoms with Gasteiger partial charge in [0.2, 0.25) is 0 Å². The summed E-state index contributed by atoms with van der Waals surface area (Å²) >= 11 is 0. The Bertz CT molecular complexity index is 1130. The number of amides is 1. The number of nitrogens with zero attached hydrogens (tertiary/aromatic N) is 1. The van der Waals surface area contributed by atoms with Crippen LogP contribution in [0.5, 0.6) is 0 Å². The number of Topliss-reactive ketones (excluding diaryl/α,β-unsaturated/α-hetero) is 1. The minimum absolute atomic E-state index is 0.364. The fourth-order valence-electron chi connectivity index (χ4n) is 3.13. The van der Waals surface area contributed by atoms with Crippen LogP contribution in [0.3, 0.4) is 0 Å². The molecule has 2 heterocycles. The van der Waals surface area contributed by atoms with E-state index in [4.69, 9.17) is 0 Å². The molecule has 0 unspecified atom stereocenters. The monoisotopic (exact) mass is 354 g/mol. The van der Waals surface area contributed by atoms with E-state index in [-0.39, 0.29) is 0 Å². The molecule has 4 rings (SSSR count). The molecule has 0 fully saturated rings.